The van der Waals surface area contributed by atoms with Crippen molar-refractivity contribution >= 4 is 0 Å². The van der Waals surface area contributed by atoms with Gasteiger partial charge in [-0.25, -0.2) is 0 Å². The zero-order valence-electron chi connectivity index (χ0n) is 9.21. The molecule has 1 aromatic carbocycles. The molecule has 1 heterocycles. The molecule has 1 aliphatic heterocycles. The lowest BCUT2D eigenvalue weighted by atomic mass is 9.89. The first kappa shape index (κ1) is 10.3. The molecular formula is C12H17NO2. The Balaban J connectivity index is 2.41. The SMILES string of the molecule is COc1ccc(O)c(C2(C)CCCN2)c1. The summed E-state index contributed by atoms with van der Waals surface area (Å²) in [6, 6.07) is 5.38. The predicted octanol–water partition coefficient (Wildman–Crippen LogP) is 2.00. The Labute approximate surface area is 90.1 Å². The van der Waals surface area contributed by atoms with E-state index in [9.17, 15) is 5.11 Å². The van der Waals surface area contributed by atoms with Gasteiger partial charge >= 0.3 is 0 Å². The van der Waals surface area contributed by atoms with Gasteiger partial charge in [-0.3, -0.25) is 0 Å². The monoisotopic (exact) mass is 207 g/mol. The van der Waals surface area contributed by atoms with Gasteiger partial charge in [-0.1, -0.05) is 0 Å². The van der Waals surface area contributed by atoms with Crippen LogP contribution >= 0.6 is 0 Å². The largest absolute Gasteiger partial charge is 0.508 e. The van der Waals surface area contributed by atoms with E-state index in [0.717, 1.165) is 30.7 Å². The zero-order chi connectivity index (χ0) is 10.9. The van der Waals surface area contributed by atoms with E-state index < -0.39 is 0 Å². The molecule has 3 nitrogen and oxygen atoms in total. The van der Waals surface area contributed by atoms with Gasteiger partial charge in [0.25, 0.3) is 0 Å². The fourth-order valence-corrected chi connectivity index (χ4v) is 2.21. The number of hydrogen-bond donors (Lipinski definition) is 2. The summed E-state index contributed by atoms with van der Waals surface area (Å²) in [6.07, 6.45) is 2.20. The van der Waals surface area contributed by atoms with Crippen molar-refractivity contribution in [2.24, 2.45) is 0 Å². The summed E-state index contributed by atoms with van der Waals surface area (Å²) in [5.41, 5.74) is 0.817. The molecule has 2 N–H and O–H groups in total. The summed E-state index contributed by atoms with van der Waals surface area (Å²) < 4.78 is 5.18. The zero-order valence-corrected chi connectivity index (χ0v) is 9.21. The Bertz CT molecular complexity index is 357. The Morgan fingerprint density at radius 3 is 2.87 bits per heavy atom. The van der Waals surface area contributed by atoms with Gasteiger partial charge < -0.3 is 15.2 Å². The second kappa shape index (κ2) is 3.74. The maximum atomic E-state index is 9.86. The first-order valence-electron chi connectivity index (χ1n) is 5.28. The van der Waals surface area contributed by atoms with Gasteiger partial charge in [-0.15, -0.1) is 0 Å². The van der Waals surface area contributed by atoms with Crippen LogP contribution in [0.25, 0.3) is 0 Å². The highest BCUT2D eigenvalue weighted by Crippen LogP contribution is 2.37. The van der Waals surface area contributed by atoms with Crippen molar-refractivity contribution in [2.45, 2.75) is 25.3 Å². The van der Waals surface area contributed by atoms with Crippen LogP contribution in [0.15, 0.2) is 18.2 Å². The first-order chi connectivity index (χ1) is 7.15. The molecule has 1 aliphatic rings. The average molecular weight is 207 g/mol. The molecule has 0 radical (unpaired) electrons. The highest BCUT2D eigenvalue weighted by Gasteiger charge is 2.32. The Hall–Kier alpha value is -1.22. The molecule has 1 aromatic rings. The summed E-state index contributed by atoms with van der Waals surface area (Å²) in [7, 11) is 1.64. The van der Waals surface area contributed by atoms with E-state index in [-0.39, 0.29) is 5.54 Å². The van der Waals surface area contributed by atoms with Crippen molar-refractivity contribution < 1.29 is 9.84 Å². The maximum absolute atomic E-state index is 9.86. The van der Waals surface area contributed by atoms with Crippen LogP contribution < -0.4 is 10.1 Å². The number of rotatable bonds is 2. The lowest BCUT2D eigenvalue weighted by molar-refractivity contribution is 0.382. The van der Waals surface area contributed by atoms with Gasteiger partial charge in [-0.2, -0.15) is 0 Å². The average Bonchev–Trinajstić information content (AvgIpc) is 2.67. The van der Waals surface area contributed by atoms with Crippen LogP contribution in [-0.4, -0.2) is 18.8 Å². The van der Waals surface area contributed by atoms with Crippen molar-refractivity contribution in [3.8, 4) is 11.5 Å². The van der Waals surface area contributed by atoms with Crippen LogP contribution in [0.2, 0.25) is 0 Å². The lowest BCUT2D eigenvalue weighted by Gasteiger charge is -2.26. The van der Waals surface area contributed by atoms with Crippen molar-refractivity contribution in [3.05, 3.63) is 23.8 Å². The Morgan fingerprint density at radius 1 is 1.47 bits per heavy atom. The molecule has 15 heavy (non-hydrogen) atoms. The van der Waals surface area contributed by atoms with Gasteiger partial charge in [0.05, 0.1) is 7.11 Å². The normalized spacial score (nSPS) is 25.5. The highest BCUT2D eigenvalue weighted by molar-refractivity contribution is 5.43. The van der Waals surface area contributed by atoms with Crippen LogP contribution in [0.5, 0.6) is 11.5 Å². The van der Waals surface area contributed by atoms with Gasteiger partial charge in [0, 0.05) is 11.1 Å². The van der Waals surface area contributed by atoms with E-state index in [0.29, 0.717) is 5.75 Å². The van der Waals surface area contributed by atoms with Crippen LogP contribution in [0.3, 0.4) is 0 Å². The molecule has 1 atom stereocenters. The fraction of sp³-hybridized carbons (Fsp3) is 0.500. The summed E-state index contributed by atoms with van der Waals surface area (Å²) in [6.45, 7) is 3.13. The number of aromatic hydroxyl groups is 1. The number of ether oxygens (including phenoxy) is 1. The quantitative estimate of drug-likeness (QED) is 0.779. The van der Waals surface area contributed by atoms with Crippen molar-refractivity contribution in [2.75, 3.05) is 13.7 Å². The minimum Gasteiger partial charge on any atom is -0.508 e. The summed E-state index contributed by atoms with van der Waals surface area (Å²) >= 11 is 0. The topological polar surface area (TPSA) is 41.5 Å². The van der Waals surface area contributed by atoms with Gasteiger partial charge in [0.1, 0.15) is 11.5 Å². The van der Waals surface area contributed by atoms with E-state index in [1.54, 1.807) is 19.2 Å². The van der Waals surface area contributed by atoms with Gasteiger partial charge in [0.2, 0.25) is 0 Å². The van der Waals surface area contributed by atoms with Gasteiger partial charge in [0.15, 0.2) is 0 Å². The molecule has 0 amide bonds. The molecule has 82 valence electrons. The molecule has 1 fully saturated rings. The predicted molar refractivity (Wildman–Crippen MR) is 59.2 cm³/mol. The van der Waals surface area contributed by atoms with Crippen molar-refractivity contribution in [3.63, 3.8) is 0 Å². The highest BCUT2D eigenvalue weighted by atomic mass is 16.5. The molecule has 3 heteroatoms. The van der Waals surface area contributed by atoms with Crippen LogP contribution in [0, 0.1) is 0 Å². The molecule has 1 saturated heterocycles. The molecule has 0 aromatic heterocycles. The maximum Gasteiger partial charge on any atom is 0.120 e. The van der Waals surface area contributed by atoms with E-state index in [2.05, 4.69) is 12.2 Å². The smallest absolute Gasteiger partial charge is 0.120 e. The minimum absolute atomic E-state index is 0.112. The van der Waals surface area contributed by atoms with Crippen molar-refractivity contribution in [1.82, 2.24) is 5.32 Å². The van der Waals surface area contributed by atoms with E-state index in [1.807, 2.05) is 6.07 Å². The number of phenolic OH excluding ortho intramolecular Hbond substituents is 1. The molecule has 0 bridgehead atoms. The van der Waals surface area contributed by atoms with E-state index in [1.165, 1.54) is 0 Å². The number of phenols is 1. The molecule has 0 spiro atoms. The summed E-state index contributed by atoms with van der Waals surface area (Å²) in [4.78, 5) is 0. The third-order valence-corrected chi connectivity index (χ3v) is 3.17. The Kier molecular flexibility index (Phi) is 2.57. The number of benzene rings is 1. The van der Waals surface area contributed by atoms with Crippen LogP contribution in [0.1, 0.15) is 25.3 Å². The van der Waals surface area contributed by atoms with Crippen LogP contribution in [0.4, 0.5) is 0 Å². The standard InChI is InChI=1S/C12H17NO2/c1-12(6-3-7-13-12)10-8-9(15-2)4-5-11(10)14/h4-5,8,13-14H,3,6-7H2,1-2H3. The number of hydrogen-bond acceptors (Lipinski definition) is 3. The second-order valence-electron chi connectivity index (χ2n) is 4.25. The Morgan fingerprint density at radius 2 is 2.27 bits per heavy atom. The third kappa shape index (κ3) is 1.79. The van der Waals surface area contributed by atoms with Gasteiger partial charge in [-0.05, 0) is 44.5 Å². The van der Waals surface area contributed by atoms with Crippen LogP contribution in [-0.2, 0) is 5.54 Å². The lowest BCUT2D eigenvalue weighted by Crippen LogP contribution is -2.33. The third-order valence-electron chi connectivity index (χ3n) is 3.17. The molecular weight excluding hydrogens is 190 g/mol. The molecule has 0 aliphatic carbocycles. The molecule has 2 rings (SSSR count). The summed E-state index contributed by atoms with van der Waals surface area (Å²) in [5, 5.41) is 13.3. The van der Waals surface area contributed by atoms with E-state index >= 15 is 0 Å². The van der Waals surface area contributed by atoms with Crippen molar-refractivity contribution in [1.29, 1.82) is 0 Å². The molecule has 0 saturated carbocycles. The van der Waals surface area contributed by atoms with E-state index in [4.69, 9.17) is 4.74 Å². The first-order valence-corrected chi connectivity index (χ1v) is 5.28. The minimum atomic E-state index is -0.112. The second-order valence-corrected chi connectivity index (χ2v) is 4.25. The fourth-order valence-electron chi connectivity index (χ4n) is 2.21. The number of nitrogens with one attached hydrogen (secondary N) is 1. The molecule has 1 unspecified atom stereocenters. The number of methoxy groups -OCH3 is 1. The summed E-state index contributed by atoms with van der Waals surface area (Å²) in [5.74, 6) is 1.13.